The van der Waals surface area contributed by atoms with Crippen LogP contribution in [-0.4, -0.2) is 17.0 Å². The molecule has 17 heavy (non-hydrogen) atoms. The first kappa shape index (κ1) is 14.7. The first-order valence-corrected chi connectivity index (χ1v) is 6.43. The summed E-state index contributed by atoms with van der Waals surface area (Å²) < 4.78 is 40.4. The van der Waals surface area contributed by atoms with Crippen molar-refractivity contribution in [2.24, 2.45) is 0 Å². The Hall–Kier alpha value is -0.310. The van der Waals surface area contributed by atoms with E-state index in [0.29, 0.717) is 3.57 Å². The molecule has 1 atom stereocenters. The van der Waals surface area contributed by atoms with E-state index in [-0.39, 0.29) is 17.1 Å². The van der Waals surface area contributed by atoms with Crippen LogP contribution < -0.4 is 4.74 Å². The highest BCUT2D eigenvalue weighted by molar-refractivity contribution is 14.1. The number of benzene rings is 1. The van der Waals surface area contributed by atoms with E-state index >= 15 is 0 Å². The Morgan fingerprint density at radius 3 is 2.47 bits per heavy atom. The van der Waals surface area contributed by atoms with Gasteiger partial charge in [-0.2, -0.15) is 0 Å². The Labute approximate surface area is 118 Å². The molecule has 2 nitrogen and oxygen atoms in total. The van der Waals surface area contributed by atoms with Crippen LogP contribution in [0.25, 0.3) is 0 Å². The van der Waals surface area contributed by atoms with E-state index in [2.05, 4.69) is 20.7 Å². The molecule has 0 aliphatic carbocycles. The molecule has 0 amide bonds. The van der Waals surface area contributed by atoms with Crippen molar-refractivity contribution in [3.05, 3.63) is 27.3 Å². The number of halogens is 5. The molecule has 1 rings (SSSR count). The van der Waals surface area contributed by atoms with Crippen LogP contribution in [0, 0.1) is 3.57 Å². The van der Waals surface area contributed by atoms with Crippen molar-refractivity contribution >= 4 is 44.3 Å². The number of hydrogen-bond acceptors (Lipinski definition) is 2. The van der Waals surface area contributed by atoms with E-state index in [9.17, 15) is 18.0 Å². The number of hydrogen-bond donors (Lipinski definition) is 0. The molecule has 1 unspecified atom stereocenters. The quantitative estimate of drug-likeness (QED) is 0.415. The lowest BCUT2D eigenvalue weighted by atomic mass is 10.1. The molecular weight excluding hydrogens is 416 g/mol. The lowest BCUT2D eigenvalue weighted by Gasteiger charge is -2.11. The molecule has 1 aromatic carbocycles. The van der Waals surface area contributed by atoms with Gasteiger partial charge >= 0.3 is 6.36 Å². The zero-order valence-corrected chi connectivity index (χ0v) is 12.3. The van der Waals surface area contributed by atoms with Gasteiger partial charge in [-0.3, -0.25) is 4.79 Å². The maximum Gasteiger partial charge on any atom is 0.573 e. The monoisotopic (exact) mass is 422 g/mol. The predicted molar refractivity (Wildman–Crippen MR) is 68.6 cm³/mol. The summed E-state index contributed by atoms with van der Waals surface area (Å²) in [7, 11) is 0. The molecule has 1 aromatic rings. The van der Waals surface area contributed by atoms with Crippen LogP contribution in [-0.2, 0) is 0 Å². The summed E-state index contributed by atoms with van der Waals surface area (Å²) in [5, 5.41) is 0. The largest absolute Gasteiger partial charge is 0.573 e. The fraction of sp³-hybridized carbons (Fsp3) is 0.300. The van der Waals surface area contributed by atoms with Gasteiger partial charge < -0.3 is 4.74 Å². The smallest absolute Gasteiger partial charge is 0.406 e. The van der Waals surface area contributed by atoms with Gasteiger partial charge in [0.25, 0.3) is 0 Å². The molecule has 0 aromatic heterocycles. The van der Waals surface area contributed by atoms with E-state index in [0.717, 1.165) is 6.07 Å². The van der Waals surface area contributed by atoms with Crippen molar-refractivity contribution in [1.82, 2.24) is 0 Å². The fourth-order valence-electron chi connectivity index (χ4n) is 1.13. The molecule has 0 saturated heterocycles. The minimum absolute atomic E-state index is 0.181. The second-order valence-electron chi connectivity index (χ2n) is 3.20. The van der Waals surface area contributed by atoms with E-state index in [1.165, 1.54) is 12.1 Å². The van der Waals surface area contributed by atoms with Crippen molar-refractivity contribution in [2.75, 3.05) is 0 Å². The third kappa shape index (κ3) is 4.82. The Morgan fingerprint density at radius 1 is 1.41 bits per heavy atom. The number of Topliss-reactive ketones (excluding diaryl/α,β-unsaturated/α-hetero) is 1. The summed E-state index contributed by atoms with van der Waals surface area (Å²) >= 11 is 4.90. The highest BCUT2D eigenvalue weighted by Gasteiger charge is 2.31. The van der Waals surface area contributed by atoms with Gasteiger partial charge in [-0.15, -0.1) is 13.2 Å². The highest BCUT2D eigenvalue weighted by atomic mass is 127. The normalized spacial score (nSPS) is 13.3. The maximum absolute atomic E-state index is 12.0. The lowest BCUT2D eigenvalue weighted by Crippen LogP contribution is -2.18. The molecule has 0 spiro atoms. The molecule has 94 valence electrons. The van der Waals surface area contributed by atoms with Gasteiger partial charge in [-0.25, -0.2) is 0 Å². The van der Waals surface area contributed by atoms with Crippen LogP contribution in [0.1, 0.15) is 17.3 Å². The Balaban J connectivity index is 3.07. The number of ether oxygens (including phenoxy) is 1. The van der Waals surface area contributed by atoms with Gasteiger partial charge in [0.2, 0.25) is 0 Å². The second kappa shape index (κ2) is 5.55. The van der Waals surface area contributed by atoms with Gasteiger partial charge in [-0.05, 0) is 47.7 Å². The fourth-order valence-corrected chi connectivity index (χ4v) is 2.03. The Bertz CT molecular complexity index is 432. The minimum atomic E-state index is -4.76. The van der Waals surface area contributed by atoms with Gasteiger partial charge in [0.15, 0.2) is 5.78 Å². The lowest BCUT2D eigenvalue weighted by molar-refractivity contribution is -0.274. The van der Waals surface area contributed by atoms with Crippen molar-refractivity contribution in [1.29, 1.82) is 0 Å². The van der Waals surface area contributed by atoms with Crippen molar-refractivity contribution in [3.63, 3.8) is 0 Å². The van der Waals surface area contributed by atoms with Crippen LogP contribution in [0.3, 0.4) is 0 Å². The summed E-state index contributed by atoms with van der Waals surface area (Å²) in [6.07, 6.45) is -4.76. The van der Waals surface area contributed by atoms with Crippen LogP contribution >= 0.6 is 38.5 Å². The van der Waals surface area contributed by atoms with E-state index in [4.69, 9.17) is 0 Å². The van der Waals surface area contributed by atoms with E-state index in [1.54, 1.807) is 6.92 Å². The summed E-state index contributed by atoms with van der Waals surface area (Å²) in [5.74, 6) is -0.684. The molecule has 0 saturated carbocycles. The number of rotatable bonds is 3. The summed E-state index contributed by atoms with van der Waals surface area (Å²) in [4.78, 5) is 11.2. The van der Waals surface area contributed by atoms with Crippen LogP contribution in [0.2, 0.25) is 0 Å². The van der Waals surface area contributed by atoms with Gasteiger partial charge in [0.1, 0.15) is 5.75 Å². The number of carbonyl (C=O) groups excluding carboxylic acids is 1. The minimum Gasteiger partial charge on any atom is -0.406 e. The average Bonchev–Trinajstić information content (AvgIpc) is 2.12. The molecule has 0 heterocycles. The van der Waals surface area contributed by atoms with Crippen molar-refractivity contribution < 1.29 is 22.7 Å². The zero-order valence-electron chi connectivity index (χ0n) is 8.52. The molecular formula is C10H7BrF3IO2. The summed E-state index contributed by atoms with van der Waals surface area (Å²) in [6.45, 7) is 1.60. The highest BCUT2D eigenvalue weighted by Crippen LogP contribution is 2.26. The molecule has 0 radical (unpaired) electrons. The van der Waals surface area contributed by atoms with E-state index < -0.39 is 11.2 Å². The van der Waals surface area contributed by atoms with Crippen LogP contribution in [0.5, 0.6) is 5.75 Å². The molecule has 7 heteroatoms. The number of alkyl halides is 4. The van der Waals surface area contributed by atoms with Crippen molar-refractivity contribution in [3.8, 4) is 5.75 Å². The van der Waals surface area contributed by atoms with E-state index in [1.807, 2.05) is 22.6 Å². The number of ketones is 1. The van der Waals surface area contributed by atoms with Crippen LogP contribution in [0.15, 0.2) is 18.2 Å². The second-order valence-corrected chi connectivity index (χ2v) is 5.82. The average molecular weight is 423 g/mol. The first-order valence-electron chi connectivity index (χ1n) is 4.43. The SMILES string of the molecule is CC(Br)C(=O)c1cc(I)cc(OC(F)(F)F)c1. The Kier molecular flexibility index (Phi) is 4.82. The maximum atomic E-state index is 12.0. The standard InChI is InChI=1S/C10H7BrF3IO2/c1-5(11)9(16)6-2-7(15)4-8(3-6)17-10(12,13)14/h2-5H,1H3. The molecule has 0 fully saturated rings. The van der Waals surface area contributed by atoms with Gasteiger partial charge in [0, 0.05) is 9.13 Å². The third-order valence-electron chi connectivity index (χ3n) is 1.75. The topological polar surface area (TPSA) is 26.3 Å². The predicted octanol–water partition coefficient (Wildman–Crippen LogP) is 4.16. The summed E-state index contributed by atoms with van der Waals surface area (Å²) in [5.41, 5.74) is 0.181. The van der Waals surface area contributed by atoms with Gasteiger partial charge in [0.05, 0.1) is 4.83 Å². The summed E-state index contributed by atoms with van der Waals surface area (Å²) in [6, 6.07) is 3.80. The van der Waals surface area contributed by atoms with Gasteiger partial charge in [-0.1, -0.05) is 15.9 Å². The zero-order chi connectivity index (χ0) is 13.2. The third-order valence-corrected chi connectivity index (χ3v) is 2.79. The molecule has 0 N–H and O–H groups in total. The molecule has 0 bridgehead atoms. The molecule has 0 aliphatic heterocycles. The molecule has 0 aliphatic rings. The number of carbonyl (C=O) groups is 1. The van der Waals surface area contributed by atoms with Crippen LogP contribution in [0.4, 0.5) is 13.2 Å². The Morgan fingerprint density at radius 2 is 2.00 bits per heavy atom. The van der Waals surface area contributed by atoms with Crippen molar-refractivity contribution in [2.45, 2.75) is 18.1 Å². The first-order chi connectivity index (χ1) is 7.69.